The van der Waals surface area contributed by atoms with Gasteiger partial charge in [-0.15, -0.1) is 24.0 Å². The fourth-order valence-corrected chi connectivity index (χ4v) is 3.31. The quantitative estimate of drug-likeness (QED) is 0.190. The van der Waals surface area contributed by atoms with E-state index in [0.717, 1.165) is 70.5 Å². The minimum absolute atomic E-state index is 0. The molecule has 29 heavy (non-hydrogen) atoms. The van der Waals surface area contributed by atoms with Crippen LogP contribution >= 0.6 is 24.0 Å². The zero-order valence-corrected chi connectivity index (χ0v) is 20.6. The molecule has 166 valence electrons. The van der Waals surface area contributed by atoms with Crippen molar-refractivity contribution in [2.24, 2.45) is 10.9 Å². The smallest absolute Gasteiger partial charge is 0.191 e. The third kappa shape index (κ3) is 9.89. The van der Waals surface area contributed by atoms with Crippen molar-refractivity contribution in [2.45, 2.75) is 39.5 Å². The largest absolute Gasteiger partial charge is 0.497 e. The summed E-state index contributed by atoms with van der Waals surface area (Å²) in [6.07, 6.45) is 4.50. The number of rotatable bonds is 12. The van der Waals surface area contributed by atoms with E-state index < -0.39 is 0 Å². The first-order chi connectivity index (χ1) is 13.8. The van der Waals surface area contributed by atoms with Gasteiger partial charge in [-0.2, -0.15) is 0 Å². The molecule has 1 unspecified atom stereocenters. The molecule has 0 amide bonds. The molecule has 1 aliphatic rings. The number of aliphatic imine (C=N–C) groups is 1. The van der Waals surface area contributed by atoms with Crippen molar-refractivity contribution >= 4 is 35.6 Å². The maximum Gasteiger partial charge on any atom is 0.191 e. The number of unbranched alkanes of at least 4 members (excludes halogenated alkanes) is 1. The second-order valence-electron chi connectivity index (χ2n) is 7.27. The van der Waals surface area contributed by atoms with Crippen LogP contribution in [0.5, 0.6) is 5.75 Å². The fraction of sp³-hybridized carbons (Fsp3) is 0.682. The highest BCUT2D eigenvalue weighted by Crippen LogP contribution is 2.26. The predicted octanol–water partition coefficient (Wildman–Crippen LogP) is 3.90. The summed E-state index contributed by atoms with van der Waals surface area (Å²) in [6.45, 7) is 10.7. The first-order valence-electron chi connectivity index (χ1n) is 10.8. The number of nitrogens with zero attached hydrogens (tertiary/aromatic N) is 2. The van der Waals surface area contributed by atoms with E-state index >= 15 is 0 Å². The van der Waals surface area contributed by atoms with Crippen molar-refractivity contribution < 1.29 is 9.47 Å². The lowest BCUT2D eigenvalue weighted by molar-refractivity contribution is 0.129. The molecule has 0 radical (unpaired) electrons. The van der Waals surface area contributed by atoms with Crippen LogP contribution in [-0.2, 0) is 4.74 Å². The number of nitrogens with one attached hydrogen (secondary N) is 2. The molecule has 1 aromatic carbocycles. The summed E-state index contributed by atoms with van der Waals surface area (Å²) in [6, 6.07) is 8.31. The van der Waals surface area contributed by atoms with Gasteiger partial charge in [0.15, 0.2) is 5.96 Å². The normalized spacial score (nSPS) is 16.4. The topological polar surface area (TPSA) is 58.1 Å². The van der Waals surface area contributed by atoms with Crippen molar-refractivity contribution in [3.63, 3.8) is 0 Å². The Morgan fingerprint density at radius 2 is 2.03 bits per heavy atom. The Hall–Kier alpha value is -1.22. The minimum Gasteiger partial charge on any atom is -0.497 e. The Morgan fingerprint density at radius 1 is 1.21 bits per heavy atom. The zero-order valence-electron chi connectivity index (χ0n) is 18.3. The van der Waals surface area contributed by atoms with E-state index in [1.807, 2.05) is 6.07 Å². The van der Waals surface area contributed by atoms with Crippen LogP contribution in [0.25, 0.3) is 0 Å². The van der Waals surface area contributed by atoms with Gasteiger partial charge in [-0.3, -0.25) is 4.99 Å². The molecule has 2 rings (SSSR count). The lowest BCUT2D eigenvalue weighted by atomic mass is 10.1. The molecule has 0 saturated carbocycles. The molecular formula is C22H39IN4O2. The Morgan fingerprint density at radius 3 is 2.79 bits per heavy atom. The van der Waals surface area contributed by atoms with Gasteiger partial charge in [0.2, 0.25) is 0 Å². The van der Waals surface area contributed by atoms with E-state index in [1.54, 1.807) is 7.11 Å². The molecular weight excluding hydrogens is 479 g/mol. The van der Waals surface area contributed by atoms with Crippen molar-refractivity contribution in [3.05, 3.63) is 24.3 Å². The van der Waals surface area contributed by atoms with Gasteiger partial charge in [0, 0.05) is 57.7 Å². The molecule has 7 heteroatoms. The SMILES string of the molecule is CCCCOCCCNC(=NCC1CCN(c2cccc(OC)c2)C1)NCC.I. The van der Waals surface area contributed by atoms with Gasteiger partial charge >= 0.3 is 0 Å². The van der Waals surface area contributed by atoms with Crippen LogP contribution in [0.3, 0.4) is 0 Å². The van der Waals surface area contributed by atoms with Crippen LogP contribution in [0.2, 0.25) is 0 Å². The highest BCUT2D eigenvalue weighted by Gasteiger charge is 2.22. The van der Waals surface area contributed by atoms with E-state index in [9.17, 15) is 0 Å². The maximum atomic E-state index is 5.61. The standard InChI is InChI=1S/C22H38N4O2.HI/c1-4-6-14-28-15-8-12-24-22(23-5-2)25-17-19-11-13-26(18-19)20-9-7-10-21(16-20)27-3;/h7,9-10,16,19H,4-6,8,11-15,17-18H2,1-3H3,(H2,23,24,25);1H. The van der Waals surface area contributed by atoms with Gasteiger partial charge in [0.1, 0.15) is 5.75 Å². The van der Waals surface area contributed by atoms with Crippen LogP contribution in [0.15, 0.2) is 29.3 Å². The van der Waals surface area contributed by atoms with Crippen molar-refractivity contribution in [1.29, 1.82) is 0 Å². The van der Waals surface area contributed by atoms with Gasteiger partial charge in [0.25, 0.3) is 0 Å². The molecule has 1 heterocycles. The third-order valence-electron chi connectivity index (χ3n) is 4.96. The second-order valence-corrected chi connectivity index (χ2v) is 7.27. The van der Waals surface area contributed by atoms with E-state index in [1.165, 1.54) is 18.5 Å². The summed E-state index contributed by atoms with van der Waals surface area (Å²) in [5.74, 6) is 2.41. The molecule has 1 aromatic rings. The van der Waals surface area contributed by atoms with Gasteiger partial charge in [-0.05, 0) is 44.2 Å². The summed E-state index contributed by atoms with van der Waals surface area (Å²) in [5.41, 5.74) is 1.24. The Balaban J connectivity index is 0.00000420. The van der Waals surface area contributed by atoms with E-state index in [4.69, 9.17) is 14.5 Å². The zero-order chi connectivity index (χ0) is 20.0. The molecule has 0 bridgehead atoms. The first-order valence-corrected chi connectivity index (χ1v) is 10.8. The van der Waals surface area contributed by atoms with Gasteiger partial charge in [-0.25, -0.2) is 0 Å². The van der Waals surface area contributed by atoms with Crippen LogP contribution in [0.4, 0.5) is 5.69 Å². The molecule has 1 saturated heterocycles. The summed E-state index contributed by atoms with van der Waals surface area (Å²) in [7, 11) is 1.72. The van der Waals surface area contributed by atoms with Gasteiger partial charge in [0.05, 0.1) is 7.11 Å². The molecule has 1 fully saturated rings. The van der Waals surface area contributed by atoms with E-state index in [2.05, 4.69) is 47.6 Å². The number of hydrogen-bond acceptors (Lipinski definition) is 4. The number of halogens is 1. The van der Waals surface area contributed by atoms with Gasteiger partial charge in [-0.1, -0.05) is 19.4 Å². The summed E-state index contributed by atoms with van der Waals surface area (Å²) in [5, 5.41) is 6.77. The maximum absolute atomic E-state index is 5.61. The summed E-state index contributed by atoms with van der Waals surface area (Å²) >= 11 is 0. The highest BCUT2D eigenvalue weighted by molar-refractivity contribution is 14.0. The van der Waals surface area contributed by atoms with Crippen LogP contribution in [0.1, 0.15) is 39.5 Å². The van der Waals surface area contributed by atoms with Crippen molar-refractivity contribution in [3.8, 4) is 5.75 Å². The Labute approximate surface area is 193 Å². The number of benzene rings is 1. The average molecular weight is 518 g/mol. The molecule has 0 spiro atoms. The molecule has 2 N–H and O–H groups in total. The van der Waals surface area contributed by atoms with Crippen LogP contribution < -0.4 is 20.3 Å². The third-order valence-corrected chi connectivity index (χ3v) is 4.96. The first kappa shape index (κ1) is 25.8. The second kappa shape index (κ2) is 15.6. The van der Waals surface area contributed by atoms with Crippen LogP contribution in [-0.4, -0.2) is 59.0 Å². The van der Waals surface area contributed by atoms with Gasteiger partial charge < -0.3 is 25.0 Å². The van der Waals surface area contributed by atoms with Crippen molar-refractivity contribution in [1.82, 2.24) is 10.6 Å². The van der Waals surface area contributed by atoms with Crippen LogP contribution in [0, 0.1) is 5.92 Å². The molecule has 1 atom stereocenters. The summed E-state index contributed by atoms with van der Waals surface area (Å²) < 4.78 is 11.0. The minimum atomic E-state index is 0. The molecule has 0 aromatic heterocycles. The fourth-order valence-electron chi connectivity index (χ4n) is 3.31. The highest BCUT2D eigenvalue weighted by atomic mass is 127. The number of ether oxygens (including phenoxy) is 2. The number of methoxy groups -OCH3 is 1. The number of hydrogen-bond donors (Lipinski definition) is 2. The molecule has 6 nitrogen and oxygen atoms in total. The lowest BCUT2D eigenvalue weighted by Gasteiger charge is -2.19. The predicted molar refractivity (Wildman–Crippen MR) is 133 cm³/mol. The monoisotopic (exact) mass is 518 g/mol. The molecule has 0 aliphatic carbocycles. The number of guanidine groups is 1. The number of anilines is 1. The molecule has 1 aliphatic heterocycles. The van der Waals surface area contributed by atoms with E-state index in [-0.39, 0.29) is 24.0 Å². The lowest BCUT2D eigenvalue weighted by Crippen LogP contribution is -2.38. The Kier molecular flexibility index (Phi) is 13.9. The van der Waals surface area contributed by atoms with E-state index in [0.29, 0.717) is 5.92 Å². The Bertz CT molecular complexity index is 586. The average Bonchev–Trinajstić information content (AvgIpc) is 3.20. The van der Waals surface area contributed by atoms with Crippen molar-refractivity contribution in [2.75, 3.05) is 57.9 Å². The summed E-state index contributed by atoms with van der Waals surface area (Å²) in [4.78, 5) is 7.23.